The van der Waals surface area contributed by atoms with Gasteiger partial charge in [0.1, 0.15) is 6.04 Å². The Balaban J connectivity index is 1.45. The molecule has 0 saturated heterocycles. The van der Waals surface area contributed by atoms with Crippen molar-refractivity contribution in [2.24, 2.45) is 5.41 Å². The number of carboxylic acid groups (broad SMARTS) is 1. The molecule has 8 nitrogen and oxygen atoms in total. The normalized spacial score (nSPS) is 17.8. The predicted octanol–water partition coefficient (Wildman–Crippen LogP) is 4.53. The highest BCUT2D eigenvalue weighted by atomic mass is 35.5. The maximum absolute atomic E-state index is 12.5. The van der Waals surface area contributed by atoms with E-state index >= 15 is 0 Å². The first-order chi connectivity index (χ1) is 16.2. The number of aliphatic hydroxyl groups excluding tert-OH is 1. The molecule has 1 atom stereocenters. The minimum absolute atomic E-state index is 0.109. The lowest BCUT2D eigenvalue weighted by Crippen LogP contribution is -2.54. The Bertz CT molecular complexity index is 1150. The van der Waals surface area contributed by atoms with E-state index in [1.165, 1.54) is 12.4 Å². The summed E-state index contributed by atoms with van der Waals surface area (Å²) < 4.78 is 0. The van der Waals surface area contributed by atoms with Gasteiger partial charge in [-0.3, -0.25) is 14.6 Å². The second-order valence-electron chi connectivity index (χ2n) is 8.56. The van der Waals surface area contributed by atoms with Crippen LogP contribution in [0.2, 0.25) is 10.0 Å². The number of halogens is 2. The number of Topliss-reactive ketones (excluding diaryl/α,β-unsaturated/α-hetero) is 1. The van der Waals surface area contributed by atoms with Gasteiger partial charge in [0.25, 0.3) is 5.91 Å². The number of allylic oxidation sites excluding steroid dienone is 2. The van der Waals surface area contributed by atoms with Crippen molar-refractivity contribution in [3.05, 3.63) is 69.3 Å². The van der Waals surface area contributed by atoms with Crippen molar-refractivity contribution >= 4 is 46.5 Å². The number of carbonyl (C=O) groups excluding carboxylic acids is 2. The summed E-state index contributed by atoms with van der Waals surface area (Å²) in [6, 6.07) is 5.64. The molecule has 2 aliphatic carbocycles. The molecular weight excluding hydrogens is 481 g/mol. The Hall–Kier alpha value is -3.10. The number of hydrogen-bond donors (Lipinski definition) is 4. The molecule has 1 fully saturated rings. The Morgan fingerprint density at radius 3 is 2.26 bits per heavy atom. The molecular formula is C24H23Cl2N3O5. The second-order valence-corrected chi connectivity index (χ2v) is 9.38. The van der Waals surface area contributed by atoms with E-state index in [4.69, 9.17) is 23.2 Å². The Kier molecular flexibility index (Phi) is 6.81. The summed E-state index contributed by atoms with van der Waals surface area (Å²) in [6.45, 7) is 0. The zero-order valence-corrected chi connectivity index (χ0v) is 19.6. The number of aromatic nitrogens is 1. The molecule has 1 spiro atoms. The van der Waals surface area contributed by atoms with Crippen LogP contribution >= 0.6 is 23.2 Å². The van der Waals surface area contributed by atoms with Crippen molar-refractivity contribution in [3.8, 4) is 0 Å². The van der Waals surface area contributed by atoms with Crippen molar-refractivity contribution in [1.29, 1.82) is 0 Å². The zero-order chi connectivity index (χ0) is 24.5. The average Bonchev–Trinajstić information content (AvgIpc) is 2.82. The highest BCUT2D eigenvalue weighted by Gasteiger charge is 2.55. The van der Waals surface area contributed by atoms with Crippen molar-refractivity contribution in [3.63, 3.8) is 0 Å². The summed E-state index contributed by atoms with van der Waals surface area (Å²) in [5.74, 6) is -2.25. The summed E-state index contributed by atoms with van der Waals surface area (Å²) in [7, 11) is 0. The molecule has 178 valence electrons. The van der Waals surface area contributed by atoms with Gasteiger partial charge in [-0.2, -0.15) is 0 Å². The van der Waals surface area contributed by atoms with Gasteiger partial charge in [0, 0.05) is 24.5 Å². The maximum atomic E-state index is 12.5. The standard InChI is InChI=1S/C24H23Cl2N3O5/c25-15-11-27-12-16(26)18(15)22(32)28-14-6-4-13(5-7-14)10-17(23(33)34)29-20-19(30)21(31)24(20)8-2-1-3-9-24/h4-7,11-12,17,29-30H,1-3,8-10H2,(H,28,32)(H,33,34)/t17-/m0/s1. The van der Waals surface area contributed by atoms with Gasteiger partial charge in [-0.05, 0) is 30.5 Å². The zero-order valence-electron chi connectivity index (χ0n) is 18.1. The van der Waals surface area contributed by atoms with Gasteiger partial charge in [0.05, 0.1) is 26.7 Å². The summed E-state index contributed by atoms with van der Waals surface area (Å²) in [5.41, 5.74) is 0.849. The number of benzene rings is 1. The number of nitrogens with one attached hydrogen (secondary N) is 2. The third-order valence-corrected chi connectivity index (χ3v) is 6.99. The molecule has 1 aromatic heterocycles. The fraction of sp³-hybridized carbons (Fsp3) is 0.333. The van der Waals surface area contributed by atoms with E-state index in [0.29, 0.717) is 29.8 Å². The lowest BCUT2D eigenvalue weighted by atomic mass is 9.61. The third kappa shape index (κ3) is 4.48. The van der Waals surface area contributed by atoms with E-state index in [0.717, 1.165) is 19.3 Å². The molecule has 1 amide bonds. The van der Waals surface area contributed by atoms with Crippen LogP contribution in [0, 0.1) is 5.41 Å². The fourth-order valence-electron chi connectivity index (χ4n) is 4.61. The number of hydrogen-bond acceptors (Lipinski definition) is 6. The minimum Gasteiger partial charge on any atom is -0.503 e. The van der Waals surface area contributed by atoms with Crippen LogP contribution in [0.15, 0.2) is 48.1 Å². The first-order valence-electron chi connectivity index (χ1n) is 10.9. The average molecular weight is 504 g/mol. The molecule has 1 aromatic carbocycles. The first-order valence-corrected chi connectivity index (χ1v) is 11.7. The van der Waals surface area contributed by atoms with Gasteiger partial charge in [-0.25, -0.2) is 4.79 Å². The van der Waals surface area contributed by atoms with Crippen molar-refractivity contribution in [1.82, 2.24) is 10.3 Å². The third-order valence-electron chi connectivity index (χ3n) is 6.42. The lowest BCUT2D eigenvalue weighted by Gasteiger charge is -2.45. The van der Waals surface area contributed by atoms with Crippen LogP contribution < -0.4 is 10.6 Å². The van der Waals surface area contributed by atoms with Gasteiger partial charge >= 0.3 is 5.97 Å². The molecule has 4 N–H and O–H groups in total. The molecule has 0 radical (unpaired) electrons. The van der Waals surface area contributed by atoms with E-state index in [9.17, 15) is 24.6 Å². The maximum Gasteiger partial charge on any atom is 0.326 e. The second kappa shape index (κ2) is 9.64. The molecule has 1 saturated carbocycles. The summed E-state index contributed by atoms with van der Waals surface area (Å²) in [6.07, 6.45) is 6.75. The van der Waals surface area contributed by atoms with Gasteiger partial charge in [-0.15, -0.1) is 0 Å². The molecule has 1 heterocycles. The van der Waals surface area contributed by atoms with E-state index in [2.05, 4.69) is 15.6 Å². The lowest BCUT2D eigenvalue weighted by molar-refractivity contribution is -0.140. The van der Waals surface area contributed by atoms with Gasteiger partial charge < -0.3 is 20.8 Å². The topological polar surface area (TPSA) is 129 Å². The number of aliphatic carboxylic acids is 1. The van der Waals surface area contributed by atoms with Crippen molar-refractivity contribution in [2.75, 3.05) is 5.32 Å². The van der Waals surface area contributed by atoms with Crippen LogP contribution in [0.25, 0.3) is 0 Å². The SMILES string of the molecule is O=C(Nc1ccc(C[C@H](NC2=C(O)C(=O)C23CCCCC3)C(=O)O)cc1)c1c(Cl)cncc1Cl. The molecule has 4 rings (SSSR count). The Labute approximate surface area is 206 Å². The summed E-state index contributed by atoms with van der Waals surface area (Å²) in [5, 5.41) is 25.8. The number of amides is 1. The number of anilines is 1. The predicted molar refractivity (Wildman–Crippen MR) is 127 cm³/mol. The number of rotatable bonds is 7. The highest BCUT2D eigenvalue weighted by molar-refractivity contribution is 6.40. The van der Waals surface area contributed by atoms with E-state index in [1.807, 2.05) is 0 Å². The van der Waals surface area contributed by atoms with Gasteiger partial charge in [0.2, 0.25) is 5.78 Å². The number of ketones is 1. The van der Waals surface area contributed by atoms with E-state index in [-0.39, 0.29) is 33.6 Å². The Morgan fingerprint density at radius 1 is 1.06 bits per heavy atom. The number of aliphatic hydroxyl groups is 1. The van der Waals surface area contributed by atoms with Crippen LogP contribution in [0.1, 0.15) is 48.0 Å². The number of nitrogens with zero attached hydrogens (tertiary/aromatic N) is 1. The van der Waals surface area contributed by atoms with Gasteiger partial charge in [0.15, 0.2) is 5.76 Å². The Morgan fingerprint density at radius 2 is 1.68 bits per heavy atom. The fourth-order valence-corrected chi connectivity index (χ4v) is 5.15. The minimum atomic E-state index is -1.09. The van der Waals surface area contributed by atoms with Crippen LogP contribution in [-0.2, 0) is 16.0 Å². The summed E-state index contributed by atoms with van der Waals surface area (Å²) >= 11 is 12.0. The molecule has 0 bridgehead atoms. The van der Waals surface area contributed by atoms with Crippen LogP contribution in [-0.4, -0.2) is 38.9 Å². The summed E-state index contributed by atoms with van der Waals surface area (Å²) in [4.78, 5) is 40.7. The molecule has 2 aromatic rings. The molecule has 34 heavy (non-hydrogen) atoms. The van der Waals surface area contributed by atoms with E-state index < -0.39 is 23.3 Å². The number of carbonyl (C=O) groups is 3. The quantitative estimate of drug-likeness (QED) is 0.436. The van der Waals surface area contributed by atoms with E-state index in [1.54, 1.807) is 24.3 Å². The van der Waals surface area contributed by atoms with Crippen LogP contribution in [0.3, 0.4) is 0 Å². The van der Waals surface area contributed by atoms with Gasteiger partial charge in [-0.1, -0.05) is 54.6 Å². The van der Waals surface area contributed by atoms with Crippen molar-refractivity contribution < 1.29 is 24.6 Å². The van der Waals surface area contributed by atoms with Crippen molar-refractivity contribution in [2.45, 2.75) is 44.6 Å². The van der Waals surface area contributed by atoms with Crippen LogP contribution in [0.4, 0.5) is 5.69 Å². The molecule has 2 aliphatic rings. The molecule has 0 unspecified atom stereocenters. The smallest absolute Gasteiger partial charge is 0.326 e. The molecule has 0 aliphatic heterocycles. The number of pyridine rings is 1. The van der Waals surface area contributed by atoms with Crippen LogP contribution in [0.5, 0.6) is 0 Å². The highest BCUT2D eigenvalue weighted by Crippen LogP contribution is 2.51. The molecule has 10 heteroatoms. The number of carboxylic acids is 1. The monoisotopic (exact) mass is 503 g/mol. The largest absolute Gasteiger partial charge is 0.503 e. The first kappa shape index (κ1) is 24.0.